The molecular formula is C16H21NO3S. The highest BCUT2D eigenvalue weighted by molar-refractivity contribution is 7.12. The van der Waals surface area contributed by atoms with Gasteiger partial charge in [-0.2, -0.15) is 0 Å². The molecule has 0 atom stereocenters. The lowest BCUT2D eigenvalue weighted by Gasteiger charge is -2.21. The van der Waals surface area contributed by atoms with Crippen LogP contribution in [-0.4, -0.2) is 23.5 Å². The SMILES string of the molecule is O=C(O)C=Cc1ccsc1C(=O)NCCC1CCCCC1. The van der Waals surface area contributed by atoms with E-state index in [0.29, 0.717) is 17.0 Å². The Labute approximate surface area is 128 Å². The number of carboxylic acids is 1. The standard InChI is InChI=1S/C16H21NO3S/c18-14(19)7-6-13-9-11-21-15(13)16(20)17-10-8-12-4-2-1-3-5-12/h6-7,9,11-12H,1-5,8,10H2,(H,17,20)(H,18,19). The van der Waals surface area contributed by atoms with Crippen molar-refractivity contribution in [1.29, 1.82) is 0 Å². The Bertz CT molecular complexity index is 515. The van der Waals surface area contributed by atoms with E-state index < -0.39 is 5.97 Å². The second-order valence-electron chi connectivity index (χ2n) is 5.43. The maximum Gasteiger partial charge on any atom is 0.328 e. The Balaban J connectivity index is 1.83. The average molecular weight is 307 g/mol. The first-order valence-electron chi connectivity index (χ1n) is 7.43. The molecule has 0 aliphatic heterocycles. The molecule has 5 heteroatoms. The van der Waals surface area contributed by atoms with Gasteiger partial charge in [0.05, 0.1) is 4.88 Å². The smallest absolute Gasteiger partial charge is 0.328 e. The van der Waals surface area contributed by atoms with Crippen molar-refractivity contribution >= 4 is 29.3 Å². The quantitative estimate of drug-likeness (QED) is 0.790. The normalized spacial score (nSPS) is 16.2. The van der Waals surface area contributed by atoms with Crippen LogP contribution in [0.3, 0.4) is 0 Å². The Morgan fingerprint density at radius 2 is 2.10 bits per heavy atom. The molecule has 21 heavy (non-hydrogen) atoms. The third-order valence-electron chi connectivity index (χ3n) is 3.87. The number of carbonyl (C=O) groups is 2. The van der Waals surface area contributed by atoms with E-state index in [4.69, 9.17) is 5.11 Å². The van der Waals surface area contributed by atoms with E-state index in [1.54, 1.807) is 11.4 Å². The highest BCUT2D eigenvalue weighted by atomic mass is 32.1. The van der Waals surface area contributed by atoms with Crippen LogP contribution in [0.2, 0.25) is 0 Å². The van der Waals surface area contributed by atoms with Crippen LogP contribution in [-0.2, 0) is 4.79 Å². The van der Waals surface area contributed by atoms with Crippen LogP contribution in [0.4, 0.5) is 0 Å². The van der Waals surface area contributed by atoms with E-state index in [9.17, 15) is 9.59 Å². The largest absolute Gasteiger partial charge is 0.478 e. The average Bonchev–Trinajstić information content (AvgIpc) is 2.94. The summed E-state index contributed by atoms with van der Waals surface area (Å²) >= 11 is 1.34. The minimum absolute atomic E-state index is 0.106. The van der Waals surface area contributed by atoms with E-state index in [1.165, 1.54) is 49.5 Å². The van der Waals surface area contributed by atoms with E-state index in [0.717, 1.165) is 18.4 Å². The van der Waals surface area contributed by atoms with Gasteiger partial charge in [-0.15, -0.1) is 11.3 Å². The summed E-state index contributed by atoms with van der Waals surface area (Å²) in [5.41, 5.74) is 0.664. The second kappa shape index (κ2) is 7.98. The molecule has 0 bridgehead atoms. The molecule has 1 aromatic heterocycles. The van der Waals surface area contributed by atoms with E-state index >= 15 is 0 Å². The maximum absolute atomic E-state index is 12.1. The highest BCUT2D eigenvalue weighted by Crippen LogP contribution is 2.26. The van der Waals surface area contributed by atoms with Crippen molar-refractivity contribution < 1.29 is 14.7 Å². The lowest BCUT2D eigenvalue weighted by Crippen LogP contribution is -2.26. The summed E-state index contributed by atoms with van der Waals surface area (Å²) < 4.78 is 0. The van der Waals surface area contributed by atoms with Gasteiger partial charge in [-0.25, -0.2) is 4.79 Å². The minimum Gasteiger partial charge on any atom is -0.478 e. The first-order chi connectivity index (χ1) is 10.2. The lowest BCUT2D eigenvalue weighted by molar-refractivity contribution is -0.131. The van der Waals surface area contributed by atoms with Crippen molar-refractivity contribution in [2.75, 3.05) is 6.54 Å². The zero-order valence-electron chi connectivity index (χ0n) is 12.0. The molecule has 0 saturated heterocycles. The molecule has 1 aliphatic carbocycles. The van der Waals surface area contributed by atoms with Crippen LogP contribution in [0.5, 0.6) is 0 Å². The maximum atomic E-state index is 12.1. The second-order valence-corrected chi connectivity index (χ2v) is 6.34. The molecule has 4 nitrogen and oxygen atoms in total. The Hall–Kier alpha value is -1.62. The molecule has 1 aromatic rings. The van der Waals surface area contributed by atoms with Crippen LogP contribution in [0, 0.1) is 5.92 Å². The molecule has 1 saturated carbocycles. The van der Waals surface area contributed by atoms with Crippen LogP contribution >= 0.6 is 11.3 Å². The zero-order valence-corrected chi connectivity index (χ0v) is 12.8. The molecule has 2 N–H and O–H groups in total. The summed E-state index contributed by atoms with van der Waals surface area (Å²) in [4.78, 5) is 23.2. The van der Waals surface area contributed by atoms with Gasteiger partial charge in [-0.05, 0) is 35.4 Å². The first-order valence-corrected chi connectivity index (χ1v) is 8.31. The van der Waals surface area contributed by atoms with Crippen molar-refractivity contribution in [3.8, 4) is 0 Å². The van der Waals surface area contributed by atoms with Gasteiger partial charge in [0.1, 0.15) is 0 Å². The topological polar surface area (TPSA) is 66.4 Å². The first kappa shape index (κ1) is 15.8. The fraction of sp³-hybridized carbons (Fsp3) is 0.500. The molecule has 2 rings (SSSR count). The summed E-state index contributed by atoms with van der Waals surface area (Å²) in [6.07, 6.45) is 10.1. The summed E-state index contributed by atoms with van der Waals surface area (Å²) in [6.45, 7) is 0.698. The fourth-order valence-electron chi connectivity index (χ4n) is 2.74. The van der Waals surface area contributed by atoms with Gasteiger partial charge in [-0.1, -0.05) is 32.1 Å². The van der Waals surface area contributed by atoms with E-state index in [1.807, 2.05) is 0 Å². The number of nitrogens with one attached hydrogen (secondary N) is 1. The van der Waals surface area contributed by atoms with Crippen molar-refractivity contribution in [2.24, 2.45) is 5.92 Å². The predicted octanol–water partition coefficient (Wildman–Crippen LogP) is 3.55. The summed E-state index contributed by atoms with van der Waals surface area (Å²) in [6, 6.07) is 1.76. The number of hydrogen-bond donors (Lipinski definition) is 2. The number of amides is 1. The summed E-state index contributed by atoms with van der Waals surface area (Å²) in [5, 5.41) is 13.4. The van der Waals surface area contributed by atoms with Crippen LogP contribution in [0.15, 0.2) is 17.5 Å². The van der Waals surface area contributed by atoms with Crippen molar-refractivity contribution in [3.63, 3.8) is 0 Å². The van der Waals surface area contributed by atoms with Gasteiger partial charge in [0.2, 0.25) is 0 Å². The van der Waals surface area contributed by atoms with Crippen molar-refractivity contribution in [2.45, 2.75) is 38.5 Å². The molecule has 0 radical (unpaired) electrons. The summed E-state index contributed by atoms with van der Waals surface area (Å²) in [5.74, 6) is -0.371. The molecule has 0 unspecified atom stereocenters. The summed E-state index contributed by atoms with van der Waals surface area (Å²) in [7, 11) is 0. The number of aliphatic carboxylic acids is 1. The molecule has 1 fully saturated rings. The number of carboxylic acid groups (broad SMARTS) is 1. The van der Waals surface area contributed by atoms with Crippen LogP contribution in [0.1, 0.15) is 53.8 Å². The van der Waals surface area contributed by atoms with Gasteiger partial charge in [0.25, 0.3) is 5.91 Å². The van der Waals surface area contributed by atoms with Crippen molar-refractivity contribution in [1.82, 2.24) is 5.32 Å². The predicted molar refractivity (Wildman–Crippen MR) is 84.5 cm³/mol. The third kappa shape index (κ3) is 5.01. The molecule has 114 valence electrons. The molecule has 0 aromatic carbocycles. The van der Waals surface area contributed by atoms with Gasteiger partial charge in [0.15, 0.2) is 0 Å². The zero-order chi connectivity index (χ0) is 15.1. The Morgan fingerprint density at radius 1 is 1.33 bits per heavy atom. The highest BCUT2D eigenvalue weighted by Gasteiger charge is 2.15. The van der Waals surface area contributed by atoms with Crippen LogP contribution in [0.25, 0.3) is 6.08 Å². The lowest BCUT2D eigenvalue weighted by atomic mass is 9.87. The van der Waals surface area contributed by atoms with Gasteiger partial charge < -0.3 is 10.4 Å². The van der Waals surface area contributed by atoms with Gasteiger partial charge in [0, 0.05) is 12.6 Å². The number of carbonyl (C=O) groups excluding carboxylic acids is 1. The number of hydrogen-bond acceptors (Lipinski definition) is 3. The third-order valence-corrected chi connectivity index (χ3v) is 4.80. The van der Waals surface area contributed by atoms with Crippen molar-refractivity contribution in [3.05, 3.63) is 28.0 Å². The molecule has 1 aliphatic rings. The number of rotatable bonds is 6. The Kier molecular flexibility index (Phi) is 5.99. The van der Waals surface area contributed by atoms with Crippen LogP contribution < -0.4 is 5.32 Å². The van der Waals surface area contributed by atoms with E-state index in [-0.39, 0.29) is 5.91 Å². The molecule has 0 spiro atoms. The minimum atomic E-state index is -1.01. The number of thiophene rings is 1. The molecular weight excluding hydrogens is 286 g/mol. The van der Waals surface area contributed by atoms with Gasteiger partial charge in [-0.3, -0.25) is 4.79 Å². The monoisotopic (exact) mass is 307 g/mol. The van der Waals surface area contributed by atoms with E-state index in [2.05, 4.69) is 5.32 Å². The fourth-order valence-corrected chi connectivity index (χ4v) is 3.54. The Morgan fingerprint density at radius 3 is 2.81 bits per heavy atom. The molecule has 1 heterocycles. The van der Waals surface area contributed by atoms with Gasteiger partial charge >= 0.3 is 5.97 Å². The molecule has 1 amide bonds.